The van der Waals surface area contributed by atoms with Crippen molar-refractivity contribution in [3.05, 3.63) is 377 Å². The maximum atomic E-state index is 4.68. The minimum Gasteiger partial charge on any atom is -0.254 e. The maximum Gasteiger partial charge on any atom is 0.113 e. The quantitative estimate of drug-likeness (QED) is 0.107. The first kappa shape index (κ1) is 96.8. The fraction of sp³-hybridized carbons (Fsp3) is 0.238. The first-order valence-electron chi connectivity index (χ1n) is 48.9. The molecule has 0 aliphatic carbocycles. The molecule has 139 heavy (non-hydrogen) atoms. The molecule has 0 amide bonds. The van der Waals surface area contributed by atoms with E-state index < -0.39 is 24.2 Å². The molecule has 0 radical (unpaired) electrons. The Morgan fingerprint density at radius 1 is 0.187 bits per heavy atom. The predicted octanol–water partition coefficient (Wildman–Crippen LogP) is 28.8. The molecule has 696 valence electrons. The second-order valence-corrected chi connectivity index (χ2v) is 54.2. The third kappa shape index (κ3) is 18.3. The molecule has 0 bridgehead atoms. The van der Waals surface area contributed by atoms with Crippen molar-refractivity contribution in [2.75, 3.05) is 0 Å². The number of hydrogen-bond donors (Lipinski definition) is 0. The summed E-state index contributed by atoms with van der Waals surface area (Å²) in [6, 6.07) is 73.3. The highest BCUT2D eigenvalue weighted by Crippen LogP contribution is 2.39. The zero-order valence-corrected chi connectivity index (χ0v) is 90.1. The molecule has 3 aliphatic rings. The molecule has 0 fully saturated rings. The van der Waals surface area contributed by atoms with Gasteiger partial charge in [-0.05, 0) is 379 Å². The summed E-state index contributed by atoms with van der Waals surface area (Å²) in [7, 11) is -4.39. The first-order valence-corrected chi connectivity index (χ1v) is 57.9. The Labute approximate surface area is 824 Å². The Morgan fingerprint density at radius 2 is 0.554 bits per heavy atom. The number of pyridine rings is 10. The van der Waals surface area contributed by atoms with Gasteiger partial charge in [0.05, 0.1) is 55.2 Å². The number of benzene rings is 11. The zero-order chi connectivity index (χ0) is 99.2. The number of fused-ring (bicyclic) bond motifs is 24. The molecule has 0 saturated carbocycles. The van der Waals surface area contributed by atoms with Crippen molar-refractivity contribution in [3.8, 4) is 33.4 Å². The van der Waals surface area contributed by atoms with Gasteiger partial charge in [-0.2, -0.15) is 0 Å². The van der Waals surface area contributed by atoms with E-state index >= 15 is 0 Å². The molecule has 24 rings (SSSR count). The lowest BCUT2D eigenvalue weighted by Crippen LogP contribution is -2.49. The Kier molecular flexibility index (Phi) is 26.6. The topological polar surface area (TPSA) is 129 Å². The molecule has 0 N–H and O–H groups in total. The van der Waals surface area contributed by atoms with Gasteiger partial charge in [0.25, 0.3) is 0 Å². The van der Waals surface area contributed by atoms with E-state index in [2.05, 4.69) is 417 Å². The average molecular weight is 1870 g/mol. The fourth-order valence-electron chi connectivity index (χ4n) is 20.5. The molecular formula is C126H130N10Si3. The maximum absolute atomic E-state index is 4.68. The summed E-state index contributed by atoms with van der Waals surface area (Å²) in [4.78, 5) is 45.6. The molecule has 11 aromatic carbocycles. The van der Waals surface area contributed by atoms with E-state index in [1.807, 2.05) is 82.3 Å². The third-order valence-electron chi connectivity index (χ3n) is 30.3. The lowest BCUT2D eigenvalue weighted by Gasteiger charge is -2.19. The van der Waals surface area contributed by atoms with Gasteiger partial charge in [0.2, 0.25) is 0 Å². The van der Waals surface area contributed by atoms with Gasteiger partial charge < -0.3 is 0 Å². The van der Waals surface area contributed by atoms with Crippen molar-refractivity contribution in [3.63, 3.8) is 0 Å². The van der Waals surface area contributed by atoms with Crippen LogP contribution in [0.2, 0.25) is 39.3 Å². The second kappa shape index (κ2) is 38.2. The first-order chi connectivity index (χ1) is 66.1. The summed E-state index contributed by atoms with van der Waals surface area (Å²) < 4.78 is 0. The van der Waals surface area contributed by atoms with Crippen LogP contribution in [-0.4, -0.2) is 74.1 Å². The summed E-state index contributed by atoms with van der Waals surface area (Å²) >= 11 is 0. The summed E-state index contributed by atoms with van der Waals surface area (Å²) in [6.45, 7) is 66.2. The standard InChI is InChI=1S/3C17H20Si.5C15H14N2/c1-11-6-7-16-14(8-11)15-9-12(2)13(3)10-17(15)18(16,4)5;1-11-6-7-14-15-9-12(2)13(3)10-17(15)18(4,5)16(14)8-11;1-11-9-10-15-17(13(11)3)16-12(2)7-6-8-14(16)18(15,4)5;1-9-6-12-4-5-13-7-10(2)11(3)17-15(13)14(12)16-8-9;1-9-6-12-4-5-13-11(3)10(2)8-17-15(13)14(12)16-7-9;1-9-8-16-15-13(11(9)3)7-6-12-5-4-10(2)17-14(12)15;1-9-6-7-16-14-12(9)4-5-13-11(3)10(2)8-17-15(13)14;1-9-6-7-16-15-13(9)5-4-12-8-10(2)11(3)17-14(12)15/h3*6-10H,1-5H3;5*4-8H,1-3H3. The Bertz CT molecular complexity index is 8450. The minimum atomic E-state index is -1.47. The van der Waals surface area contributed by atoms with Gasteiger partial charge in [0.1, 0.15) is 24.2 Å². The van der Waals surface area contributed by atoms with Gasteiger partial charge in [-0.1, -0.05) is 208 Å². The largest absolute Gasteiger partial charge is 0.254 e. The summed E-state index contributed by atoms with van der Waals surface area (Å²) in [5.74, 6) is 0. The van der Waals surface area contributed by atoms with E-state index in [0.717, 1.165) is 93.8 Å². The van der Waals surface area contributed by atoms with Gasteiger partial charge in [0, 0.05) is 114 Å². The van der Waals surface area contributed by atoms with Gasteiger partial charge in [-0.15, -0.1) is 0 Å². The van der Waals surface area contributed by atoms with Crippen LogP contribution in [0.15, 0.2) is 244 Å². The van der Waals surface area contributed by atoms with Gasteiger partial charge in [-0.3, -0.25) is 49.8 Å². The molecule has 0 unspecified atom stereocenters. The van der Waals surface area contributed by atoms with E-state index in [0.29, 0.717) is 0 Å². The molecule has 0 spiro atoms. The van der Waals surface area contributed by atoms with Gasteiger partial charge in [-0.25, -0.2) is 0 Å². The van der Waals surface area contributed by atoms with Crippen molar-refractivity contribution in [2.45, 2.75) is 205 Å². The highest BCUT2D eigenvalue weighted by atomic mass is 28.3. The molecule has 13 heterocycles. The van der Waals surface area contributed by atoms with Crippen LogP contribution in [0, 0.1) is 166 Å². The molecule has 10 nitrogen and oxygen atoms in total. The summed E-state index contributed by atoms with van der Waals surface area (Å²) in [5.41, 5.74) is 49.9. The Balaban J connectivity index is 0.000000110. The van der Waals surface area contributed by atoms with Crippen LogP contribution < -0.4 is 31.1 Å². The number of nitrogens with zero attached hydrogens (tertiary/aromatic N) is 10. The van der Waals surface area contributed by atoms with Crippen LogP contribution >= 0.6 is 0 Å². The van der Waals surface area contributed by atoms with E-state index in [1.54, 1.807) is 36.7 Å². The average Bonchev–Trinajstić information content (AvgIpc) is 1.57. The van der Waals surface area contributed by atoms with Crippen molar-refractivity contribution in [1.82, 2.24) is 49.8 Å². The Hall–Kier alpha value is -13.8. The lowest BCUT2D eigenvalue weighted by molar-refractivity contribution is 1.19. The second-order valence-electron chi connectivity index (χ2n) is 41.2. The normalized spacial score (nSPS) is 12.8. The van der Waals surface area contributed by atoms with Crippen LogP contribution in [0.1, 0.15) is 134 Å². The number of aromatic nitrogens is 10. The van der Waals surface area contributed by atoms with Crippen LogP contribution in [0.25, 0.3) is 142 Å². The van der Waals surface area contributed by atoms with E-state index in [4.69, 9.17) is 0 Å². The number of rotatable bonds is 0. The summed E-state index contributed by atoms with van der Waals surface area (Å²) in [5, 5.41) is 21.5. The van der Waals surface area contributed by atoms with E-state index in [-0.39, 0.29) is 0 Å². The van der Waals surface area contributed by atoms with Crippen molar-refractivity contribution in [1.29, 1.82) is 0 Å². The minimum absolute atomic E-state index is 0.996. The van der Waals surface area contributed by atoms with Crippen molar-refractivity contribution in [2.24, 2.45) is 0 Å². The van der Waals surface area contributed by atoms with Crippen molar-refractivity contribution < 1.29 is 0 Å². The zero-order valence-electron chi connectivity index (χ0n) is 87.1. The molecular weight excluding hydrogens is 1740 g/mol. The molecule has 21 aromatic rings. The molecule has 13 heteroatoms. The molecule has 10 aromatic heterocycles. The van der Waals surface area contributed by atoms with Gasteiger partial charge in [0.15, 0.2) is 0 Å². The van der Waals surface area contributed by atoms with Crippen LogP contribution in [0.5, 0.6) is 0 Å². The smallest absolute Gasteiger partial charge is 0.113 e. The van der Waals surface area contributed by atoms with Crippen LogP contribution in [0.3, 0.4) is 0 Å². The highest BCUT2D eigenvalue weighted by molar-refractivity contribution is 7.05. The highest BCUT2D eigenvalue weighted by Gasteiger charge is 2.41. The molecule has 0 saturated heterocycles. The monoisotopic (exact) mass is 1870 g/mol. The predicted molar refractivity (Wildman–Crippen MR) is 605 cm³/mol. The molecule has 0 atom stereocenters. The van der Waals surface area contributed by atoms with Crippen LogP contribution in [-0.2, 0) is 0 Å². The Morgan fingerprint density at radius 3 is 1.10 bits per heavy atom. The molecule has 3 aliphatic heterocycles. The van der Waals surface area contributed by atoms with E-state index in [9.17, 15) is 0 Å². The third-order valence-corrected chi connectivity index (χ3v) is 40.9. The summed E-state index contributed by atoms with van der Waals surface area (Å²) in [6.07, 6.45) is 13.3. The van der Waals surface area contributed by atoms with Gasteiger partial charge >= 0.3 is 0 Å². The number of aryl methyl sites for hydroxylation is 23. The number of hydrogen-bond acceptors (Lipinski definition) is 10. The van der Waals surface area contributed by atoms with E-state index in [1.165, 1.54) is 177 Å². The fourth-order valence-corrected chi connectivity index (χ4v) is 30.1. The lowest BCUT2D eigenvalue weighted by atomic mass is 9.94. The van der Waals surface area contributed by atoms with Crippen molar-refractivity contribution >= 4 is 164 Å². The SMILES string of the molecule is Cc1cc2ccc3c(C)ccnc3c2nc1C.Cc1ccc2c(c1)-c1cc(C)c(C)cc1[Si]2(C)C.Cc1ccc2c(c1)[Si](C)(C)c1cc(C)c(C)cc1-2.Cc1ccc2c(c1C)-c1c(C)cccc1[Si]2(C)C.Cc1ccc2ccc3c(C)c(C)cnc3c2n1.Cc1cnc2c(ccc3c(C)c(C)cnc32)c1.Cc1cnc2c(ccc3c(C)ccnc32)c1C.Cc1cnc2c(ccc3cc(C)c(C)nc32)c1. The van der Waals surface area contributed by atoms with Crippen LogP contribution in [0.4, 0.5) is 0 Å².